The van der Waals surface area contributed by atoms with Gasteiger partial charge in [-0.05, 0) is 31.5 Å². The summed E-state index contributed by atoms with van der Waals surface area (Å²) < 4.78 is 37.9. The quantitative estimate of drug-likeness (QED) is 0.828. The van der Waals surface area contributed by atoms with Crippen molar-refractivity contribution >= 4 is 11.8 Å². The Morgan fingerprint density at radius 3 is 2.44 bits per heavy atom. The number of rotatable bonds is 4. The van der Waals surface area contributed by atoms with Crippen LogP contribution in [0.5, 0.6) is 0 Å². The van der Waals surface area contributed by atoms with E-state index in [0.29, 0.717) is 4.90 Å². The Morgan fingerprint density at radius 1 is 1.31 bits per heavy atom. The van der Waals surface area contributed by atoms with E-state index in [2.05, 4.69) is 0 Å². The minimum Gasteiger partial charge on any atom is -0.330 e. The van der Waals surface area contributed by atoms with Crippen LogP contribution in [0, 0.1) is 6.92 Å². The summed E-state index contributed by atoms with van der Waals surface area (Å²) in [5.41, 5.74) is 6.06. The highest BCUT2D eigenvalue weighted by atomic mass is 32.2. The van der Waals surface area contributed by atoms with Crippen molar-refractivity contribution < 1.29 is 13.2 Å². The number of alkyl halides is 3. The monoisotopic (exact) mass is 249 g/mol. The van der Waals surface area contributed by atoms with Gasteiger partial charge < -0.3 is 5.73 Å². The fourth-order valence-corrected chi connectivity index (χ4v) is 2.39. The van der Waals surface area contributed by atoms with Gasteiger partial charge in [0.05, 0.1) is 0 Å². The molecule has 0 heterocycles. The number of aryl methyl sites for hydroxylation is 1. The van der Waals surface area contributed by atoms with Gasteiger partial charge in [-0.15, -0.1) is 11.8 Å². The lowest BCUT2D eigenvalue weighted by molar-refractivity contribution is -0.129. The molecule has 5 heteroatoms. The van der Waals surface area contributed by atoms with E-state index in [1.807, 2.05) is 6.07 Å². The average molecular weight is 249 g/mol. The molecule has 1 nitrogen and oxygen atoms in total. The number of benzene rings is 1. The number of hydrogen-bond acceptors (Lipinski definition) is 2. The van der Waals surface area contributed by atoms with Crippen LogP contribution in [0.15, 0.2) is 29.2 Å². The van der Waals surface area contributed by atoms with Crippen molar-refractivity contribution in [2.75, 3.05) is 6.54 Å². The second-order valence-electron chi connectivity index (χ2n) is 3.49. The lowest BCUT2D eigenvalue weighted by atomic mass is 10.2. The molecule has 0 fully saturated rings. The maximum Gasteiger partial charge on any atom is 0.400 e. The van der Waals surface area contributed by atoms with Crippen LogP contribution in [0.2, 0.25) is 0 Å². The molecule has 0 spiro atoms. The molecule has 0 aromatic heterocycles. The second-order valence-corrected chi connectivity index (χ2v) is 4.74. The molecule has 16 heavy (non-hydrogen) atoms. The molecule has 1 unspecified atom stereocenters. The highest BCUT2D eigenvalue weighted by Gasteiger charge is 2.39. The SMILES string of the molecule is Cc1ccccc1SC(CCN)C(F)(F)F. The van der Waals surface area contributed by atoms with Gasteiger partial charge in [-0.3, -0.25) is 0 Å². The van der Waals surface area contributed by atoms with E-state index in [0.717, 1.165) is 17.3 Å². The zero-order valence-electron chi connectivity index (χ0n) is 8.92. The van der Waals surface area contributed by atoms with Gasteiger partial charge in [-0.2, -0.15) is 13.2 Å². The average Bonchev–Trinajstić information content (AvgIpc) is 2.19. The summed E-state index contributed by atoms with van der Waals surface area (Å²) in [6.45, 7) is 1.85. The number of thioether (sulfide) groups is 1. The Balaban J connectivity index is 2.80. The largest absolute Gasteiger partial charge is 0.400 e. The Morgan fingerprint density at radius 2 is 1.94 bits per heavy atom. The zero-order valence-corrected chi connectivity index (χ0v) is 9.74. The van der Waals surface area contributed by atoms with Crippen molar-refractivity contribution in [3.63, 3.8) is 0 Å². The summed E-state index contributed by atoms with van der Waals surface area (Å²) >= 11 is 0.842. The first-order chi connectivity index (χ1) is 7.45. The van der Waals surface area contributed by atoms with E-state index in [9.17, 15) is 13.2 Å². The summed E-state index contributed by atoms with van der Waals surface area (Å²) in [6, 6.07) is 7.06. The van der Waals surface area contributed by atoms with E-state index in [4.69, 9.17) is 5.73 Å². The van der Waals surface area contributed by atoms with Gasteiger partial charge in [-0.1, -0.05) is 18.2 Å². The normalized spacial score (nSPS) is 13.8. The molecule has 0 saturated heterocycles. The Labute approximate surface area is 97.2 Å². The molecule has 0 aliphatic rings. The van der Waals surface area contributed by atoms with Gasteiger partial charge in [0.15, 0.2) is 0 Å². The van der Waals surface area contributed by atoms with Crippen LogP contribution < -0.4 is 5.73 Å². The zero-order chi connectivity index (χ0) is 12.2. The van der Waals surface area contributed by atoms with Crippen molar-refractivity contribution in [1.82, 2.24) is 0 Å². The predicted molar refractivity (Wildman–Crippen MR) is 60.6 cm³/mol. The molecular formula is C11H14F3NS. The lowest BCUT2D eigenvalue weighted by Crippen LogP contribution is -2.28. The topological polar surface area (TPSA) is 26.0 Å². The molecule has 1 aromatic rings. The first kappa shape index (κ1) is 13.4. The molecule has 90 valence electrons. The van der Waals surface area contributed by atoms with Gasteiger partial charge in [0.25, 0.3) is 0 Å². The third-order valence-corrected chi connectivity index (χ3v) is 3.66. The molecule has 2 N–H and O–H groups in total. The molecule has 0 aliphatic carbocycles. The van der Waals surface area contributed by atoms with Crippen LogP contribution in [-0.2, 0) is 0 Å². The summed E-state index contributed by atoms with van der Waals surface area (Å²) in [5, 5.41) is -1.42. The van der Waals surface area contributed by atoms with Gasteiger partial charge in [-0.25, -0.2) is 0 Å². The van der Waals surface area contributed by atoms with Crippen LogP contribution in [0.25, 0.3) is 0 Å². The molecule has 0 bridgehead atoms. The predicted octanol–water partition coefficient (Wildman–Crippen LogP) is 3.37. The van der Waals surface area contributed by atoms with Crippen LogP contribution in [0.3, 0.4) is 0 Å². The fraction of sp³-hybridized carbons (Fsp3) is 0.455. The first-order valence-electron chi connectivity index (χ1n) is 4.94. The summed E-state index contributed by atoms with van der Waals surface area (Å²) in [5.74, 6) is 0. The van der Waals surface area contributed by atoms with E-state index < -0.39 is 11.4 Å². The molecule has 0 radical (unpaired) electrons. The maximum atomic E-state index is 12.6. The smallest absolute Gasteiger partial charge is 0.330 e. The van der Waals surface area contributed by atoms with Gasteiger partial charge in [0, 0.05) is 4.90 Å². The second kappa shape index (κ2) is 5.59. The Bertz CT molecular complexity index is 338. The van der Waals surface area contributed by atoms with Gasteiger partial charge in [0.2, 0.25) is 0 Å². The number of hydrogen-bond donors (Lipinski definition) is 1. The van der Waals surface area contributed by atoms with Crippen LogP contribution in [-0.4, -0.2) is 18.0 Å². The molecule has 0 saturated carbocycles. The van der Waals surface area contributed by atoms with Crippen molar-refractivity contribution in [3.05, 3.63) is 29.8 Å². The summed E-state index contributed by atoms with van der Waals surface area (Å²) in [7, 11) is 0. The van der Waals surface area contributed by atoms with Crippen molar-refractivity contribution in [2.45, 2.75) is 29.7 Å². The number of halogens is 3. The molecule has 1 aromatic carbocycles. The molecule has 1 rings (SSSR count). The van der Waals surface area contributed by atoms with E-state index in [1.54, 1.807) is 25.1 Å². The third-order valence-electron chi connectivity index (χ3n) is 2.16. The molecule has 1 atom stereocenters. The van der Waals surface area contributed by atoms with E-state index in [-0.39, 0.29) is 13.0 Å². The molecular weight excluding hydrogens is 235 g/mol. The third kappa shape index (κ3) is 3.72. The fourth-order valence-electron chi connectivity index (χ4n) is 1.28. The van der Waals surface area contributed by atoms with Crippen LogP contribution in [0.4, 0.5) is 13.2 Å². The number of nitrogens with two attached hydrogens (primary N) is 1. The standard InChI is InChI=1S/C11H14F3NS/c1-8-4-2-3-5-9(8)16-10(6-7-15)11(12,13)14/h2-5,10H,6-7,15H2,1H3. The van der Waals surface area contributed by atoms with Gasteiger partial charge in [0.1, 0.15) is 5.25 Å². The Kier molecular flexibility index (Phi) is 4.68. The summed E-state index contributed by atoms with van der Waals surface area (Å²) in [6.07, 6.45) is -4.26. The molecule has 0 amide bonds. The van der Waals surface area contributed by atoms with Crippen molar-refractivity contribution in [1.29, 1.82) is 0 Å². The maximum absolute atomic E-state index is 12.6. The van der Waals surface area contributed by atoms with Crippen molar-refractivity contribution in [3.8, 4) is 0 Å². The van der Waals surface area contributed by atoms with Crippen molar-refractivity contribution in [2.24, 2.45) is 5.73 Å². The highest BCUT2D eigenvalue weighted by molar-refractivity contribution is 8.00. The Hall–Kier alpha value is -0.680. The highest BCUT2D eigenvalue weighted by Crippen LogP contribution is 2.37. The lowest BCUT2D eigenvalue weighted by Gasteiger charge is -2.19. The minimum atomic E-state index is -4.20. The minimum absolute atomic E-state index is 0.0447. The van der Waals surface area contributed by atoms with E-state index in [1.165, 1.54) is 0 Å². The summed E-state index contributed by atoms with van der Waals surface area (Å²) in [4.78, 5) is 0.665. The first-order valence-corrected chi connectivity index (χ1v) is 5.82. The molecule has 0 aliphatic heterocycles. The van der Waals surface area contributed by atoms with E-state index >= 15 is 0 Å². The van der Waals surface area contributed by atoms with Crippen LogP contribution in [0.1, 0.15) is 12.0 Å². The van der Waals surface area contributed by atoms with Crippen LogP contribution >= 0.6 is 11.8 Å². The van der Waals surface area contributed by atoms with Gasteiger partial charge >= 0.3 is 6.18 Å².